The molecule has 2 aliphatic heterocycles. The van der Waals surface area contributed by atoms with Gasteiger partial charge >= 0.3 is 5.97 Å². The number of carbonyl (C=O) groups is 2. The van der Waals surface area contributed by atoms with Crippen molar-refractivity contribution in [3.8, 4) is 0 Å². The normalized spacial score (nSPS) is 48.3. The predicted octanol–water partition coefficient (Wildman–Crippen LogP) is 8.20. The third-order valence-electron chi connectivity index (χ3n) is 16.4. The Balaban J connectivity index is 0.00000103. The molecule has 7 rings (SSSR count). The number of carboxylic acids is 2. The number of ether oxygens (including phenoxy) is 2. The Bertz CT molecular complexity index is 1270. The first-order valence-electron chi connectivity index (χ1n) is 18.8. The van der Waals surface area contributed by atoms with Crippen LogP contribution < -0.4 is 5.73 Å². The minimum atomic E-state index is -0.833. The molecule has 4 saturated carbocycles. The molecule has 6 unspecified atom stereocenters. The van der Waals surface area contributed by atoms with Crippen molar-refractivity contribution < 1.29 is 29.3 Å². The second-order valence-corrected chi connectivity index (χ2v) is 18.7. The van der Waals surface area contributed by atoms with E-state index in [1.807, 2.05) is 0 Å². The predicted molar refractivity (Wildman–Crippen MR) is 186 cm³/mol. The molecule has 47 heavy (non-hydrogen) atoms. The van der Waals surface area contributed by atoms with Crippen molar-refractivity contribution in [3.05, 3.63) is 11.6 Å². The Morgan fingerprint density at radius 1 is 0.936 bits per heavy atom. The highest BCUT2D eigenvalue weighted by Gasteiger charge is 2.87. The maximum atomic E-state index is 13.4. The molecule has 0 aromatic heterocycles. The van der Waals surface area contributed by atoms with Gasteiger partial charge in [-0.15, -0.1) is 0 Å². The molecular weight excluding hydrogens is 590 g/mol. The third kappa shape index (κ3) is 4.81. The van der Waals surface area contributed by atoms with Crippen LogP contribution in [0.5, 0.6) is 0 Å². The summed E-state index contributed by atoms with van der Waals surface area (Å²) in [7, 11) is 0. The molecule has 7 nitrogen and oxygen atoms in total. The van der Waals surface area contributed by atoms with Crippen molar-refractivity contribution in [2.24, 2.45) is 74.2 Å². The van der Waals surface area contributed by atoms with Crippen molar-refractivity contribution in [3.63, 3.8) is 0 Å². The molecule has 2 saturated heterocycles. The largest absolute Gasteiger partial charge is 0.481 e. The van der Waals surface area contributed by atoms with Gasteiger partial charge in [-0.25, -0.2) is 0 Å². The van der Waals surface area contributed by atoms with Gasteiger partial charge in [-0.2, -0.15) is 0 Å². The second kappa shape index (κ2) is 11.8. The summed E-state index contributed by atoms with van der Waals surface area (Å²) in [6, 6.07) is 0.0255. The van der Waals surface area contributed by atoms with Gasteiger partial charge in [0.15, 0.2) is 0 Å². The van der Waals surface area contributed by atoms with Gasteiger partial charge < -0.3 is 25.4 Å². The first kappa shape index (κ1) is 36.8. The van der Waals surface area contributed by atoms with Crippen LogP contribution in [0, 0.1) is 68.5 Å². The molecule has 14 atom stereocenters. The summed E-state index contributed by atoms with van der Waals surface area (Å²) in [5.74, 6) is 0.880. The first-order valence-corrected chi connectivity index (χ1v) is 18.8. The highest BCUT2D eigenvalue weighted by Crippen LogP contribution is 2.86. The molecule has 2 bridgehead atoms. The topological polar surface area (TPSA) is 119 Å². The van der Waals surface area contributed by atoms with Gasteiger partial charge in [0.05, 0.1) is 30.3 Å². The van der Waals surface area contributed by atoms with Crippen LogP contribution in [0.3, 0.4) is 0 Å². The summed E-state index contributed by atoms with van der Waals surface area (Å²) in [5.41, 5.74) is 7.63. The van der Waals surface area contributed by atoms with Crippen molar-refractivity contribution in [1.82, 2.24) is 0 Å². The molecule has 0 amide bonds. The fourth-order valence-electron chi connectivity index (χ4n) is 13.2. The molecule has 268 valence electrons. The molecule has 0 aromatic rings. The lowest BCUT2D eigenvalue weighted by molar-refractivity contribution is -0.204. The van der Waals surface area contributed by atoms with Gasteiger partial charge in [-0.05, 0) is 104 Å². The summed E-state index contributed by atoms with van der Waals surface area (Å²) in [5, 5.41) is 18.4. The Hall–Kier alpha value is -1.44. The number of aliphatic carboxylic acids is 2. The Kier molecular flexibility index (Phi) is 9.27. The van der Waals surface area contributed by atoms with E-state index < -0.39 is 11.9 Å². The van der Waals surface area contributed by atoms with Crippen LogP contribution in [0.2, 0.25) is 0 Å². The van der Waals surface area contributed by atoms with Crippen molar-refractivity contribution in [1.29, 1.82) is 0 Å². The number of rotatable bonds is 7. The smallest absolute Gasteiger partial charge is 0.307 e. The molecule has 0 aromatic carbocycles. The van der Waals surface area contributed by atoms with Crippen LogP contribution in [0.25, 0.3) is 0 Å². The van der Waals surface area contributed by atoms with Gasteiger partial charge in [0.1, 0.15) is 0 Å². The number of allylic oxidation sites excluding steroid dienone is 1. The Morgan fingerprint density at radius 2 is 1.55 bits per heavy atom. The number of fused-ring (bicyclic) bond motifs is 6. The number of hydrogen-bond acceptors (Lipinski definition) is 5. The van der Waals surface area contributed by atoms with Crippen LogP contribution in [-0.2, 0) is 19.1 Å². The molecular formula is C40H67NO6. The maximum absolute atomic E-state index is 13.4. The van der Waals surface area contributed by atoms with Crippen molar-refractivity contribution >= 4 is 11.9 Å². The lowest BCUT2D eigenvalue weighted by atomic mass is 9.36. The number of nitrogens with two attached hydrogens (primary N) is 1. The van der Waals surface area contributed by atoms with Gasteiger partial charge in [-0.1, -0.05) is 80.9 Å². The highest BCUT2D eigenvalue weighted by atomic mass is 16.5. The summed E-state index contributed by atoms with van der Waals surface area (Å²) >= 11 is 0. The minimum absolute atomic E-state index is 0.0174. The van der Waals surface area contributed by atoms with Crippen molar-refractivity contribution in [2.75, 3.05) is 6.61 Å². The zero-order valence-electron chi connectivity index (χ0n) is 31.6. The Labute approximate surface area is 285 Å². The Morgan fingerprint density at radius 3 is 2.11 bits per heavy atom. The first-order chi connectivity index (χ1) is 21.6. The fraction of sp³-hybridized carbons (Fsp3) is 0.900. The van der Waals surface area contributed by atoms with Crippen LogP contribution in [0.4, 0.5) is 0 Å². The van der Waals surface area contributed by atoms with Crippen LogP contribution in [0.1, 0.15) is 128 Å². The third-order valence-corrected chi connectivity index (χ3v) is 16.4. The highest BCUT2D eigenvalue weighted by molar-refractivity contribution is 5.73. The summed E-state index contributed by atoms with van der Waals surface area (Å²) in [4.78, 5) is 22.4. The number of hydrogen-bond donors (Lipinski definition) is 3. The van der Waals surface area contributed by atoms with E-state index in [2.05, 4.69) is 82.2 Å². The zero-order valence-corrected chi connectivity index (χ0v) is 31.6. The quantitative estimate of drug-likeness (QED) is 0.236. The lowest BCUT2D eigenvalue weighted by Gasteiger charge is -2.68. The van der Waals surface area contributed by atoms with Gasteiger partial charge in [0.2, 0.25) is 0 Å². The molecule has 2 heterocycles. The summed E-state index contributed by atoms with van der Waals surface area (Å²) in [6.45, 7) is 27.4. The maximum Gasteiger partial charge on any atom is 0.307 e. The SMILES string of the molecule is CC(=O)O.CC(C)C(N)C(C)OC1CCC23OC[C@@]1(C)[C@@H]1CC[C@H]4C(=CC[C@@]5(C)[C@H](C(=O)O)[C@@](C)([C@H](C)C(C)C)CCC45C)C12[C@@H]3C. The average Bonchev–Trinajstić information content (AvgIpc) is 3.57. The van der Waals surface area contributed by atoms with E-state index >= 15 is 0 Å². The number of carboxylic acid groups (broad SMARTS) is 2. The van der Waals surface area contributed by atoms with Crippen LogP contribution >= 0.6 is 0 Å². The van der Waals surface area contributed by atoms with E-state index in [4.69, 9.17) is 25.1 Å². The standard InChI is InChI=1S/C38H63NO4.C2H4O2/c1-21(2)23(5)33(8)18-19-35(10)26-12-13-28-34(9)20-42-37(17-15-29(34)43-24(6)30(39)22(3)4)25(7)38(28,37)27(26)14-16-36(35,11)31(33)32(40)41;1-2(3)4/h14,21-26,28-31H,12-13,15-20,39H2,1-11H3,(H,40,41);1H3,(H,3,4)/t23-,24?,25-,26+,28+,29?,30?,31-,33-,34+,35?,36+,37?,38?;/m1./s1. The molecule has 5 aliphatic carbocycles. The monoisotopic (exact) mass is 657 g/mol. The molecule has 4 N–H and O–H groups in total. The van der Waals surface area contributed by atoms with E-state index in [0.717, 1.165) is 52.1 Å². The molecule has 6 fully saturated rings. The van der Waals surface area contributed by atoms with E-state index in [9.17, 15) is 9.90 Å². The molecule has 0 radical (unpaired) electrons. The summed E-state index contributed by atoms with van der Waals surface area (Å²) in [6.07, 6.45) is 10.1. The van der Waals surface area contributed by atoms with Gasteiger partial charge in [0, 0.05) is 23.8 Å². The van der Waals surface area contributed by atoms with Crippen LogP contribution in [-0.4, -0.2) is 52.6 Å². The van der Waals surface area contributed by atoms with Gasteiger partial charge in [-0.3, -0.25) is 9.59 Å². The molecule has 7 aliphatic rings. The zero-order chi connectivity index (χ0) is 35.3. The van der Waals surface area contributed by atoms with E-state index in [-0.39, 0.29) is 56.8 Å². The molecule has 7 heteroatoms. The van der Waals surface area contributed by atoms with E-state index in [1.54, 1.807) is 5.57 Å². The minimum Gasteiger partial charge on any atom is -0.481 e. The fourth-order valence-corrected chi connectivity index (χ4v) is 13.2. The summed E-state index contributed by atoms with van der Waals surface area (Å²) < 4.78 is 14.1. The van der Waals surface area contributed by atoms with E-state index in [1.165, 1.54) is 6.42 Å². The average molecular weight is 658 g/mol. The van der Waals surface area contributed by atoms with Crippen LogP contribution in [0.15, 0.2) is 11.6 Å². The van der Waals surface area contributed by atoms with E-state index in [0.29, 0.717) is 35.5 Å². The van der Waals surface area contributed by atoms with Gasteiger partial charge in [0.25, 0.3) is 5.97 Å². The van der Waals surface area contributed by atoms with Crippen molar-refractivity contribution in [2.45, 2.75) is 152 Å². The lowest BCUT2D eigenvalue weighted by Crippen LogP contribution is -2.64. The second-order valence-electron chi connectivity index (χ2n) is 18.7. The molecule has 2 spiro atoms.